The lowest BCUT2D eigenvalue weighted by Crippen LogP contribution is -2.51. The molecule has 1 aliphatic heterocycles. The summed E-state index contributed by atoms with van der Waals surface area (Å²) in [6.07, 6.45) is 3.44. The molecule has 0 radical (unpaired) electrons. The molecule has 8 nitrogen and oxygen atoms in total. The van der Waals surface area contributed by atoms with Gasteiger partial charge in [-0.3, -0.25) is 14.7 Å². The standard InChI is InChI=1S/C28H30ClF2N5O3/c1-15(2)36-25-21(20-9-10-24(26(20)36)35(4)16(3)37)13-17(14-22(25)23-11-12-32-34-23)27(38)33-18-5-7-19(8-6-18)39-28(29,30)31/h5-8,11-15,20,24,26H,9-10H2,1-4H3,(H,32,34)(H,33,38). The van der Waals surface area contributed by atoms with Crippen molar-refractivity contribution >= 4 is 34.8 Å². The van der Waals surface area contributed by atoms with Gasteiger partial charge in [-0.05, 0) is 74.7 Å². The predicted molar refractivity (Wildman–Crippen MR) is 145 cm³/mol. The van der Waals surface area contributed by atoms with Crippen LogP contribution in [0.4, 0.5) is 20.2 Å². The molecule has 2 aromatic carbocycles. The molecule has 1 fully saturated rings. The Morgan fingerprint density at radius 2 is 1.92 bits per heavy atom. The molecule has 11 heteroatoms. The lowest BCUT2D eigenvalue weighted by atomic mass is 9.92. The Labute approximate surface area is 230 Å². The van der Waals surface area contributed by atoms with Gasteiger partial charge in [0.25, 0.3) is 5.91 Å². The van der Waals surface area contributed by atoms with Gasteiger partial charge in [-0.25, -0.2) is 0 Å². The summed E-state index contributed by atoms with van der Waals surface area (Å²) in [5.74, 6) is -0.291. The first-order valence-electron chi connectivity index (χ1n) is 12.8. The van der Waals surface area contributed by atoms with E-state index in [1.165, 1.54) is 24.3 Å². The van der Waals surface area contributed by atoms with E-state index in [-0.39, 0.29) is 41.6 Å². The zero-order valence-corrected chi connectivity index (χ0v) is 22.8. The molecule has 1 aromatic heterocycles. The van der Waals surface area contributed by atoms with Gasteiger partial charge in [-0.2, -0.15) is 5.10 Å². The van der Waals surface area contributed by atoms with Crippen LogP contribution in [0, 0.1) is 0 Å². The average Bonchev–Trinajstić information content (AvgIpc) is 3.60. The van der Waals surface area contributed by atoms with Crippen LogP contribution in [0.5, 0.6) is 5.75 Å². The Morgan fingerprint density at radius 1 is 1.21 bits per heavy atom. The predicted octanol–water partition coefficient (Wildman–Crippen LogP) is 5.82. The van der Waals surface area contributed by atoms with Gasteiger partial charge < -0.3 is 19.9 Å². The SMILES string of the molecule is CC(=O)N(C)C1CCC2c3cc(C(=O)Nc4ccc(OC(F)(F)Cl)cc4)cc(-c4ccn[nH]4)c3N(C(C)C)C21. The number of aromatic nitrogens is 2. The molecule has 2 N–H and O–H groups in total. The molecule has 39 heavy (non-hydrogen) atoms. The van der Waals surface area contributed by atoms with Crippen LogP contribution in [-0.4, -0.2) is 57.7 Å². The van der Waals surface area contributed by atoms with Gasteiger partial charge in [0.15, 0.2) is 0 Å². The molecule has 206 valence electrons. The molecule has 1 aliphatic carbocycles. The minimum Gasteiger partial charge on any atom is -0.420 e. The number of likely N-dealkylation sites (N-methyl/N-ethyl adjacent to an activating group) is 1. The molecule has 0 spiro atoms. The van der Waals surface area contributed by atoms with Crippen LogP contribution in [0.3, 0.4) is 0 Å². The number of nitrogens with one attached hydrogen (secondary N) is 2. The number of halogens is 3. The Balaban J connectivity index is 1.52. The second-order valence-electron chi connectivity index (χ2n) is 10.3. The number of benzene rings is 2. The zero-order chi connectivity index (χ0) is 28.1. The van der Waals surface area contributed by atoms with E-state index >= 15 is 0 Å². The summed E-state index contributed by atoms with van der Waals surface area (Å²) in [6, 6.07) is 11.5. The Morgan fingerprint density at radius 3 is 2.51 bits per heavy atom. The van der Waals surface area contributed by atoms with Crippen LogP contribution in [0.15, 0.2) is 48.7 Å². The number of carbonyl (C=O) groups excluding carboxylic acids is 2. The highest BCUT2D eigenvalue weighted by Gasteiger charge is 2.50. The van der Waals surface area contributed by atoms with Crippen LogP contribution in [0.1, 0.15) is 55.5 Å². The minimum absolute atomic E-state index is 0.0281. The van der Waals surface area contributed by atoms with E-state index in [0.29, 0.717) is 11.3 Å². The lowest BCUT2D eigenvalue weighted by molar-refractivity contribution is -0.129. The van der Waals surface area contributed by atoms with Crippen LogP contribution in [0.25, 0.3) is 11.3 Å². The number of alkyl halides is 3. The molecule has 2 aliphatic rings. The fraction of sp³-hybridized carbons (Fsp3) is 0.393. The molecule has 2 amide bonds. The number of H-pyrrole nitrogens is 1. The van der Waals surface area contributed by atoms with Gasteiger partial charge in [0, 0.05) is 60.5 Å². The van der Waals surface area contributed by atoms with Gasteiger partial charge >= 0.3 is 5.57 Å². The number of rotatable bonds is 7. The Hall–Kier alpha value is -3.66. The van der Waals surface area contributed by atoms with E-state index in [1.54, 1.807) is 13.1 Å². The topological polar surface area (TPSA) is 90.6 Å². The first-order chi connectivity index (χ1) is 18.4. The number of anilines is 2. The van der Waals surface area contributed by atoms with Crippen molar-refractivity contribution in [3.8, 4) is 17.0 Å². The van der Waals surface area contributed by atoms with E-state index in [1.807, 2.05) is 30.1 Å². The van der Waals surface area contributed by atoms with Crippen molar-refractivity contribution in [3.63, 3.8) is 0 Å². The molecular formula is C28H30ClF2N5O3. The summed E-state index contributed by atoms with van der Waals surface area (Å²) >= 11 is 4.83. The number of hydrogen-bond donors (Lipinski definition) is 2. The van der Waals surface area contributed by atoms with Gasteiger partial charge in [-0.1, -0.05) is 0 Å². The van der Waals surface area contributed by atoms with E-state index < -0.39 is 5.57 Å². The Kier molecular flexibility index (Phi) is 7.00. The fourth-order valence-corrected chi connectivity index (χ4v) is 6.09. The quantitative estimate of drug-likeness (QED) is 0.357. The van der Waals surface area contributed by atoms with Crippen molar-refractivity contribution in [2.24, 2.45) is 0 Å². The molecule has 3 atom stereocenters. The first kappa shape index (κ1) is 26.9. The highest BCUT2D eigenvalue weighted by Crippen LogP contribution is 2.54. The molecule has 3 aromatic rings. The molecule has 1 saturated carbocycles. The third-order valence-electron chi connectivity index (χ3n) is 7.65. The second-order valence-corrected chi connectivity index (χ2v) is 10.8. The van der Waals surface area contributed by atoms with Crippen LogP contribution in [-0.2, 0) is 4.79 Å². The summed E-state index contributed by atoms with van der Waals surface area (Å²) in [5, 5.41) is 10.0. The summed E-state index contributed by atoms with van der Waals surface area (Å²) in [6.45, 7) is 5.87. The van der Waals surface area contributed by atoms with Crippen molar-refractivity contribution in [1.29, 1.82) is 0 Å². The van der Waals surface area contributed by atoms with Crippen LogP contribution < -0.4 is 15.0 Å². The second kappa shape index (κ2) is 10.1. The molecular weight excluding hydrogens is 528 g/mol. The first-order valence-corrected chi connectivity index (χ1v) is 13.2. The van der Waals surface area contributed by atoms with Crippen molar-refractivity contribution in [1.82, 2.24) is 15.1 Å². The lowest BCUT2D eigenvalue weighted by Gasteiger charge is -2.39. The van der Waals surface area contributed by atoms with E-state index in [9.17, 15) is 18.4 Å². The minimum atomic E-state index is -3.82. The van der Waals surface area contributed by atoms with Crippen molar-refractivity contribution in [3.05, 3.63) is 59.8 Å². The maximum absolute atomic E-state index is 13.4. The van der Waals surface area contributed by atoms with Crippen molar-refractivity contribution < 1.29 is 23.1 Å². The van der Waals surface area contributed by atoms with Gasteiger partial charge in [0.1, 0.15) is 5.75 Å². The number of carbonyl (C=O) groups is 2. The highest BCUT2D eigenvalue weighted by molar-refractivity contribution is 6.20. The molecule has 5 rings (SSSR count). The van der Waals surface area contributed by atoms with Crippen molar-refractivity contribution in [2.75, 3.05) is 17.3 Å². The summed E-state index contributed by atoms with van der Waals surface area (Å²) in [5.41, 5.74) is 0.808. The van der Waals surface area contributed by atoms with E-state index in [0.717, 1.165) is 35.3 Å². The highest BCUT2D eigenvalue weighted by atomic mass is 35.5. The summed E-state index contributed by atoms with van der Waals surface area (Å²) in [4.78, 5) is 30.0. The van der Waals surface area contributed by atoms with Gasteiger partial charge in [0.2, 0.25) is 5.91 Å². The average molecular weight is 558 g/mol. The molecule has 2 heterocycles. The normalized spacial score (nSPS) is 20.1. The number of fused-ring (bicyclic) bond motifs is 3. The van der Waals surface area contributed by atoms with E-state index in [2.05, 4.69) is 39.0 Å². The number of ether oxygens (including phenoxy) is 1. The maximum Gasteiger partial charge on any atom is 0.487 e. The largest absolute Gasteiger partial charge is 0.487 e. The van der Waals surface area contributed by atoms with E-state index in [4.69, 9.17) is 11.6 Å². The summed E-state index contributed by atoms with van der Waals surface area (Å²) in [7, 11) is 1.86. The molecule has 0 saturated heterocycles. The smallest absolute Gasteiger partial charge is 0.420 e. The third-order valence-corrected chi connectivity index (χ3v) is 7.72. The van der Waals surface area contributed by atoms with Gasteiger partial charge in [-0.15, -0.1) is 8.78 Å². The maximum atomic E-state index is 13.4. The Bertz CT molecular complexity index is 1380. The van der Waals surface area contributed by atoms with Crippen LogP contribution in [0.2, 0.25) is 0 Å². The number of aromatic amines is 1. The molecule has 3 unspecified atom stereocenters. The van der Waals surface area contributed by atoms with Crippen LogP contribution >= 0.6 is 11.6 Å². The van der Waals surface area contributed by atoms with Crippen molar-refractivity contribution in [2.45, 2.75) is 63.2 Å². The number of hydrogen-bond acceptors (Lipinski definition) is 5. The fourth-order valence-electron chi connectivity index (χ4n) is 6.00. The zero-order valence-electron chi connectivity index (χ0n) is 22.0. The monoisotopic (exact) mass is 557 g/mol. The molecule has 0 bridgehead atoms. The number of nitrogens with zero attached hydrogens (tertiary/aromatic N) is 3. The summed E-state index contributed by atoms with van der Waals surface area (Å²) < 4.78 is 30.2. The third kappa shape index (κ3) is 5.17. The van der Waals surface area contributed by atoms with Gasteiger partial charge in [0.05, 0.1) is 23.5 Å². The number of amides is 2.